The lowest BCUT2D eigenvalue weighted by Gasteiger charge is -2.04. The number of non-ortho nitro benzene ring substituents is 1. The molecule has 7 heteroatoms. The first-order valence-corrected chi connectivity index (χ1v) is 8.89. The minimum atomic E-state index is -0.403. The van der Waals surface area contributed by atoms with Crippen LogP contribution in [0.4, 0.5) is 5.69 Å². The lowest BCUT2D eigenvalue weighted by Crippen LogP contribution is -2.13. The van der Waals surface area contributed by atoms with Crippen LogP contribution >= 0.6 is 11.3 Å². The third-order valence-corrected chi connectivity index (χ3v) is 4.17. The van der Waals surface area contributed by atoms with Gasteiger partial charge in [0.15, 0.2) is 0 Å². The van der Waals surface area contributed by atoms with Crippen LogP contribution in [0.2, 0.25) is 0 Å². The van der Waals surface area contributed by atoms with E-state index in [-0.39, 0.29) is 5.69 Å². The molecule has 132 valence electrons. The van der Waals surface area contributed by atoms with Gasteiger partial charge in [-0.05, 0) is 31.4 Å². The number of hydrogen-bond acceptors (Lipinski definition) is 5. The fourth-order valence-corrected chi connectivity index (χ4v) is 2.85. The highest BCUT2D eigenvalue weighted by molar-refractivity contribution is 7.07. The molecule has 1 aromatic heterocycles. The van der Waals surface area contributed by atoms with Gasteiger partial charge in [0, 0.05) is 29.3 Å². The average Bonchev–Trinajstić information content (AvgIpc) is 2.95. The molecule has 0 radical (unpaired) electrons. The maximum absolute atomic E-state index is 10.8. The van der Waals surface area contributed by atoms with Crippen LogP contribution in [0.25, 0.3) is 11.3 Å². The molecule has 1 heterocycles. The number of nitrogens with zero attached hydrogens (tertiary/aromatic N) is 4. The van der Waals surface area contributed by atoms with Gasteiger partial charge in [-0.25, -0.2) is 4.68 Å². The van der Waals surface area contributed by atoms with Gasteiger partial charge in [-0.1, -0.05) is 26.0 Å². The molecule has 0 aliphatic rings. The smallest absolute Gasteiger partial charge is 0.258 e. The molecule has 2 rings (SSSR count). The minimum absolute atomic E-state index is 0.0704. The molecule has 2 aromatic rings. The van der Waals surface area contributed by atoms with E-state index < -0.39 is 4.92 Å². The number of thiazole rings is 1. The Hall–Kier alpha value is -2.54. The summed E-state index contributed by atoms with van der Waals surface area (Å²) in [6.07, 6.45) is 2.74. The van der Waals surface area contributed by atoms with Gasteiger partial charge in [0.1, 0.15) is 0 Å². The average molecular weight is 358 g/mol. The highest BCUT2D eigenvalue weighted by Gasteiger charge is 2.10. The lowest BCUT2D eigenvalue weighted by atomic mass is 10.1. The maximum atomic E-state index is 10.8. The van der Waals surface area contributed by atoms with E-state index in [9.17, 15) is 10.1 Å². The van der Waals surface area contributed by atoms with E-state index in [1.54, 1.807) is 16.8 Å². The molecule has 1 aromatic carbocycles. The van der Waals surface area contributed by atoms with Gasteiger partial charge in [-0.3, -0.25) is 15.1 Å². The van der Waals surface area contributed by atoms with Crippen LogP contribution in [0, 0.1) is 16.0 Å². The maximum Gasteiger partial charge on any atom is 0.269 e. The predicted octanol–water partition coefficient (Wildman–Crippen LogP) is 4.48. The molecule has 0 spiro atoms. The molecule has 6 nitrogen and oxygen atoms in total. The molecule has 0 saturated carbocycles. The molecule has 0 atom stereocenters. The Morgan fingerprint density at radius 2 is 2.08 bits per heavy atom. The van der Waals surface area contributed by atoms with Crippen molar-refractivity contribution in [1.82, 2.24) is 4.68 Å². The van der Waals surface area contributed by atoms with Crippen LogP contribution in [0.1, 0.15) is 27.2 Å². The molecule has 0 aliphatic heterocycles. The number of aromatic nitrogens is 1. The summed E-state index contributed by atoms with van der Waals surface area (Å²) in [6.45, 7) is 10.6. The summed E-state index contributed by atoms with van der Waals surface area (Å²) < 4.78 is 1.79. The van der Waals surface area contributed by atoms with E-state index in [0.717, 1.165) is 28.1 Å². The molecular weight excluding hydrogens is 336 g/mol. The summed E-state index contributed by atoms with van der Waals surface area (Å²) in [5.74, 6) is 0.515. The van der Waals surface area contributed by atoms with Gasteiger partial charge >= 0.3 is 0 Å². The standard InChI is InChI=1S/C18H22N4O2S/c1-13(2)9-10-20-21-17(12-25-18(21)19-11-14(3)4)15-5-7-16(8-6-15)22(23)24/h5-8,10,12-13H,3,9,11H2,1-2,4H3. The van der Waals surface area contributed by atoms with Crippen molar-refractivity contribution in [3.63, 3.8) is 0 Å². The number of benzene rings is 1. The summed E-state index contributed by atoms with van der Waals surface area (Å²) >= 11 is 1.49. The molecule has 25 heavy (non-hydrogen) atoms. The van der Waals surface area contributed by atoms with E-state index in [0.29, 0.717) is 12.5 Å². The molecule has 0 unspecified atom stereocenters. The first-order valence-electron chi connectivity index (χ1n) is 8.01. The van der Waals surface area contributed by atoms with Crippen molar-refractivity contribution in [2.75, 3.05) is 6.54 Å². The van der Waals surface area contributed by atoms with E-state index >= 15 is 0 Å². The number of nitro groups is 1. The van der Waals surface area contributed by atoms with Crippen molar-refractivity contribution in [3.05, 3.63) is 56.7 Å². The second-order valence-corrected chi connectivity index (χ2v) is 7.06. The topological polar surface area (TPSA) is 72.8 Å². The summed E-state index contributed by atoms with van der Waals surface area (Å²) in [5, 5.41) is 17.4. The van der Waals surface area contributed by atoms with Crippen molar-refractivity contribution in [1.29, 1.82) is 0 Å². The molecule has 0 fully saturated rings. The van der Waals surface area contributed by atoms with Crippen molar-refractivity contribution in [2.45, 2.75) is 27.2 Å². The van der Waals surface area contributed by atoms with Crippen LogP contribution in [0.5, 0.6) is 0 Å². The van der Waals surface area contributed by atoms with Crippen LogP contribution in [-0.4, -0.2) is 22.4 Å². The number of nitro benzene ring substituents is 1. The fraction of sp³-hybridized carbons (Fsp3) is 0.333. The highest BCUT2D eigenvalue weighted by Crippen LogP contribution is 2.23. The first kappa shape index (κ1) is 18.8. The fourth-order valence-electron chi connectivity index (χ4n) is 2.01. The van der Waals surface area contributed by atoms with Crippen LogP contribution in [0.3, 0.4) is 0 Å². The van der Waals surface area contributed by atoms with Crippen LogP contribution in [-0.2, 0) is 0 Å². The number of rotatable bonds is 7. The van der Waals surface area contributed by atoms with Gasteiger partial charge in [-0.15, -0.1) is 11.3 Å². The zero-order chi connectivity index (χ0) is 18.4. The predicted molar refractivity (Wildman–Crippen MR) is 103 cm³/mol. The largest absolute Gasteiger partial charge is 0.269 e. The van der Waals surface area contributed by atoms with E-state index in [2.05, 4.69) is 30.5 Å². The molecule has 0 amide bonds. The Kier molecular flexibility index (Phi) is 6.41. The second kappa shape index (κ2) is 8.53. The van der Waals surface area contributed by atoms with E-state index in [1.165, 1.54) is 23.5 Å². The monoisotopic (exact) mass is 358 g/mol. The van der Waals surface area contributed by atoms with Gasteiger partial charge in [0.2, 0.25) is 4.80 Å². The Labute approximate surface area is 151 Å². The Morgan fingerprint density at radius 3 is 2.64 bits per heavy atom. The summed E-state index contributed by atoms with van der Waals surface area (Å²) in [4.78, 5) is 15.8. The molecule has 0 saturated heterocycles. The molecule has 0 bridgehead atoms. The third-order valence-electron chi connectivity index (χ3n) is 3.32. The Balaban J connectivity index is 2.45. The molecule has 0 N–H and O–H groups in total. The van der Waals surface area contributed by atoms with Gasteiger partial charge in [0.25, 0.3) is 5.69 Å². The van der Waals surface area contributed by atoms with Crippen molar-refractivity contribution in [3.8, 4) is 11.3 Å². The molecule has 0 aliphatic carbocycles. The summed E-state index contributed by atoms with van der Waals surface area (Å²) in [7, 11) is 0. The highest BCUT2D eigenvalue weighted by atomic mass is 32.1. The van der Waals surface area contributed by atoms with Gasteiger partial charge < -0.3 is 0 Å². The quantitative estimate of drug-likeness (QED) is 0.317. The second-order valence-electron chi connectivity index (χ2n) is 6.22. The van der Waals surface area contributed by atoms with Crippen molar-refractivity contribution >= 4 is 23.2 Å². The Morgan fingerprint density at radius 1 is 1.40 bits per heavy atom. The first-order chi connectivity index (χ1) is 11.9. The van der Waals surface area contributed by atoms with Gasteiger partial charge in [0.05, 0.1) is 17.2 Å². The lowest BCUT2D eigenvalue weighted by molar-refractivity contribution is -0.384. The van der Waals surface area contributed by atoms with Crippen LogP contribution in [0.15, 0.2) is 51.9 Å². The van der Waals surface area contributed by atoms with Crippen molar-refractivity contribution in [2.24, 2.45) is 16.0 Å². The van der Waals surface area contributed by atoms with Crippen LogP contribution < -0.4 is 4.80 Å². The van der Waals surface area contributed by atoms with E-state index in [1.807, 2.05) is 18.5 Å². The minimum Gasteiger partial charge on any atom is -0.258 e. The summed E-state index contributed by atoms with van der Waals surface area (Å²) in [5.41, 5.74) is 2.77. The third kappa shape index (κ3) is 5.22. The van der Waals surface area contributed by atoms with Crippen molar-refractivity contribution < 1.29 is 4.92 Å². The zero-order valence-electron chi connectivity index (χ0n) is 14.7. The molecular formula is C18H22N4O2S. The SMILES string of the molecule is C=C(C)CN=c1scc(-c2ccc([N+](=O)[O-])cc2)n1N=CCC(C)C. The number of hydrogen-bond donors (Lipinski definition) is 0. The zero-order valence-corrected chi connectivity index (χ0v) is 15.5. The van der Waals surface area contributed by atoms with Gasteiger partial charge in [-0.2, -0.15) is 5.10 Å². The Bertz CT molecular complexity index is 845. The normalized spacial score (nSPS) is 12.2. The van der Waals surface area contributed by atoms with E-state index in [4.69, 9.17) is 0 Å². The summed E-state index contributed by atoms with van der Waals surface area (Å²) in [6, 6.07) is 6.47.